The maximum atomic E-state index is 11.9. The molecular formula is C16H21NO5. The van der Waals surface area contributed by atoms with Gasteiger partial charge in [0.05, 0.1) is 12.7 Å². The number of amides is 1. The lowest BCUT2D eigenvalue weighted by atomic mass is 10.1. The molecule has 120 valence electrons. The van der Waals surface area contributed by atoms with Gasteiger partial charge < -0.3 is 14.8 Å². The Hall–Kier alpha value is -2.37. The molecule has 0 aliphatic heterocycles. The Morgan fingerprint density at radius 2 is 1.91 bits per heavy atom. The van der Waals surface area contributed by atoms with Crippen molar-refractivity contribution in [2.24, 2.45) is 0 Å². The fourth-order valence-corrected chi connectivity index (χ4v) is 1.87. The summed E-state index contributed by atoms with van der Waals surface area (Å²) in [6.45, 7) is 3.74. The van der Waals surface area contributed by atoms with Gasteiger partial charge in [-0.1, -0.05) is 17.7 Å². The highest BCUT2D eigenvalue weighted by atomic mass is 16.5. The molecule has 6 nitrogen and oxygen atoms in total. The van der Waals surface area contributed by atoms with Gasteiger partial charge in [-0.3, -0.25) is 9.59 Å². The second kappa shape index (κ2) is 8.81. The van der Waals surface area contributed by atoms with Crippen LogP contribution in [0.4, 0.5) is 0 Å². The first-order valence-electron chi connectivity index (χ1n) is 7.02. The third kappa shape index (κ3) is 5.95. The van der Waals surface area contributed by atoms with Gasteiger partial charge in [-0.25, -0.2) is 4.79 Å². The Morgan fingerprint density at radius 1 is 1.18 bits per heavy atom. The van der Waals surface area contributed by atoms with Gasteiger partial charge >= 0.3 is 11.9 Å². The molecule has 0 atom stereocenters. The summed E-state index contributed by atoms with van der Waals surface area (Å²) in [4.78, 5) is 34.3. The zero-order valence-electron chi connectivity index (χ0n) is 13.1. The molecule has 0 aliphatic rings. The molecule has 6 heteroatoms. The smallest absolute Gasteiger partial charge is 0.338 e. The van der Waals surface area contributed by atoms with Crippen LogP contribution in [0, 0.1) is 13.8 Å². The summed E-state index contributed by atoms with van der Waals surface area (Å²) in [6, 6.07) is 5.38. The van der Waals surface area contributed by atoms with Gasteiger partial charge in [-0.2, -0.15) is 0 Å². The minimum Gasteiger partial charge on any atom is -0.469 e. The minimum atomic E-state index is -0.526. The van der Waals surface area contributed by atoms with Crippen LogP contribution in [0.2, 0.25) is 0 Å². The Bertz CT molecular complexity index is 553. The third-order valence-electron chi connectivity index (χ3n) is 3.04. The lowest BCUT2D eigenvalue weighted by Crippen LogP contribution is -2.30. The molecule has 0 saturated heterocycles. The molecule has 1 aromatic rings. The van der Waals surface area contributed by atoms with Crippen molar-refractivity contribution in [3.8, 4) is 0 Å². The summed E-state index contributed by atoms with van der Waals surface area (Å²) in [5.41, 5.74) is 2.31. The Morgan fingerprint density at radius 3 is 2.55 bits per heavy atom. The number of carbonyl (C=O) groups excluding carboxylic acids is 3. The highest BCUT2D eigenvalue weighted by molar-refractivity contribution is 5.92. The van der Waals surface area contributed by atoms with Crippen LogP contribution in [0.1, 0.15) is 34.3 Å². The number of methoxy groups -OCH3 is 1. The van der Waals surface area contributed by atoms with Crippen molar-refractivity contribution in [1.82, 2.24) is 5.32 Å². The maximum absolute atomic E-state index is 11.9. The predicted octanol–water partition coefficient (Wildman–Crippen LogP) is 1.53. The monoisotopic (exact) mass is 307 g/mol. The predicted molar refractivity (Wildman–Crippen MR) is 80.5 cm³/mol. The van der Waals surface area contributed by atoms with E-state index < -0.39 is 11.9 Å². The summed E-state index contributed by atoms with van der Waals surface area (Å²) in [5, 5.41) is 2.57. The van der Waals surface area contributed by atoms with E-state index in [0.29, 0.717) is 18.5 Å². The second-order valence-corrected chi connectivity index (χ2v) is 4.92. The number of hydrogen-bond donors (Lipinski definition) is 1. The molecule has 1 aromatic carbocycles. The van der Waals surface area contributed by atoms with Crippen molar-refractivity contribution in [1.29, 1.82) is 0 Å². The van der Waals surface area contributed by atoms with Crippen LogP contribution in [-0.4, -0.2) is 38.1 Å². The third-order valence-corrected chi connectivity index (χ3v) is 3.04. The summed E-state index contributed by atoms with van der Waals surface area (Å²) >= 11 is 0. The highest BCUT2D eigenvalue weighted by Gasteiger charge is 2.12. The number of carbonyl (C=O) groups is 3. The van der Waals surface area contributed by atoms with Crippen LogP contribution in [0.5, 0.6) is 0 Å². The van der Waals surface area contributed by atoms with E-state index in [1.807, 2.05) is 26.0 Å². The molecule has 1 amide bonds. The zero-order chi connectivity index (χ0) is 16.5. The molecule has 0 aliphatic carbocycles. The van der Waals surface area contributed by atoms with Gasteiger partial charge in [0.2, 0.25) is 0 Å². The molecule has 0 radical (unpaired) electrons. The molecule has 0 heterocycles. The van der Waals surface area contributed by atoms with E-state index in [2.05, 4.69) is 10.1 Å². The Kier molecular flexibility index (Phi) is 7.08. The van der Waals surface area contributed by atoms with Crippen LogP contribution < -0.4 is 5.32 Å². The Labute approximate surface area is 129 Å². The summed E-state index contributed by atoms with van der Waals surface area (Å²) < 4.78 is 9.45. The van der Waals surface area contributed by atoms with Crippen molar-refractivity contribution in [3.05, 3.63) is 34.9 Å². The second-order valence-electron chi connectivity index (χ2n) is 4.92. The van der Waals surface area contributed by atoms with Crippen LogP contribution in [-0.2, 0) is 19.1 Å². The number of ether oxygens (including phenoxy) is 2. The fraction of sp³-hybridized carbons (Fsp3) is 0.438. The molecular weight excluding hydrogens is 286 g/mol. The van der Waals surface area contributed by atoms with Crippen LogP contribution >= 0.6 is 0 Å². The normalized spacial score (nSPS) is 9.95. The van der Waals surface area contributed by atoms with Crippen molar-refractivity contribution >= 4 is 17.8 Å². The number of hydrogen-bond acceptors (Lipinski definition) is 5. The van der Waals surface area contributed by atoms with Gasteiger partial charge in [0.15, 0.2) is 6.61 Å². The molecule has 1 N–H and O–H groups in total. The topological polar surface area (TPSA) is 81.7 Å². The van der Waals surface area contributed by atoms with Crippen molar-refractivity contribution in [2.75, 3.05) is 20.3 Å². The standard InChI is InChI=1S/C16H21NO5/c1-11-6-7-13(12(2)9-11)16(20)22-10-14(18)17-8-4-5-15(19)21-3/h6-7,9H,4-5,8,10H2,1-3H3,(H,17,18). The van der Waals surface area contributed by atoms with Crippen molar-refractivity contribution in [3.63, 3.8) is 0 Å². The van der Waals surface area contributed by atoms with E-state index >= 15 is 0 Å². The highest BCUT2D eigenvalue weighted by Crippen LogP contribution is 2.11. The molecule has 0 bridgehead atoms. The van der Waals surface area contributed by atoms with Gasteiger partial charge in [0, 0.05) is 13.0 Å². The van der Waals surface area contributed by atoms with E-state index in [0.717, 1.165) is 11.1 Å². The van der Waals surface area contributed by atoms with Crippen LogP contribution in [0.15, 0.2) is 18.2 Å². The summed E-state index contributed by atoms with van der Waals surface area (Å²) in [5.74, 6) is -1.25. The summed E-state index contributed by atoms with van der Waals surface area (Å²) in [6.07, 6.45) is 0.711. The lowest BCUT2D eigenvalue weighted by Gasteiger charge is -2.08. The average molecular weight is 307 g/mol. The Balaban J connectivity index is 2.31. The van der Waals surface area contributed by atoms with Gasteiger partial charge in [0.1, 0.15) is 0 Å². The number of nitrogens with one attached hydrogen (secondary N) is 1. The van der Waals surface area contributed by atoms with Gasteiger partial charge in [-0.05, 0) is 31.9 Å². The molecule has 0 aromatic heterocycles. The zero-order valence-corrected chi connectivity index (χ0v) is 13.1. The van der Waals surface area contributed by atoms with Gasteiger partial charge in [-0.15, -0.1) is 0 Å². The lowest BCUT2D eigenvalue weighted by molar-refractivity contribution is -0.140. The van der Waals surface area contributed by atoms with Crippen LogP contribution in [0.3, 0.4) is 0 Å². The number of esters is 2. The average Bonchev–Trinajstić information content (AvgIpc) is 2.48. The first-order chi connectivity index (χ1) is 10.4. The first-order valence-corrected chi connectivity index (χ1v) is 7.02. The summed E-state index contributed by atoms with van der Waals surface area (Å²) in [7, 11) is 1.31. The molecule has 1 rings (SSSR count). The van der Waals surface area contributed by atoms with E-state index in [-0.39, 0.29) is 19.0 Å². The van der Waals surface area contributed by atoms with E-state index in [1.54, 1.807) is 6.07 Å². The fourth-order valence-electron chi connectivity index (χ4n) is 1.87. The maximum Gasteiger partial charge on any atom is 0.338 e. The SMILES string of the molecule is COC(=O)CCCNC(=O)COC(=O)c1ccc(C)cc1C. The molecule has 0 unspecified atom stereocenters. The first kappa shape index (κ1) is 17.7. The van der Waals surface area contributed by atoms with Gasteiger partial charge in [0.25, 0.3) is 5.91 Å². The number of benzene rings is 1. The van der Waals surface area contributed by atoms with E-state index in [1.165, 1.54) is 7.11 Å². The van der Waals surface area contributed by atoms with E-state index in [9.17, 15) is 14.4 Å². The van der Waals surface area contributed by atoms with Crippen LogP contribution in [0.25, 0.3) is 0 Å². The molecule has 0 saturated carbocycles. The largest absolute Gasteiger partial charge is 0.469 e. The molecule has 0 fully saturated rings. The minimum absolute atomic E-state index is 0.235. The van der Waals surface area contributed by atoms with Crippen molar-refractivity contribution in [2.45, 2.75) is 26.7 Å². The number of aryl methyl sites for hydroxylation is 2. The number of rotatable bonds is 7. The molecule has 0 spiro atoms. The van der Waals surface area contributed by atoms with Crippen molar-refractivity contribution < 1.29 is 23.9 Å². The molecule has 22 heavy (non-hydrogen) atoms. The quantitative estimate of drug-likeness (QED) is 0.610. The van der Waals surface area contributed by atoms with E-state index in [4.69, 9.17) is 4.74 Å².